The number of unbranched alkanes of at least 4 members (excludes halogenated alkanes) is 1. The number of carbonyl (C=O) groups excluding carboxylic acids is 2. The lowest BCUT2D eigenvalue weighted by molar-refractivity contribution is -0.142. The number of carbonyl (C=O) groups is 3. The van der Waals surface area contributed by atoms with Crippen LogP contribution in [0.15, 0.2) is 48.5 Å². The first kappa shape index (κ1) is 25.3. The van der Waals surface area contributed by atoms with Crippen LogP contribution in [0.4, 0.5) is 4.79 Å². The van der Waals surface area contributed by atoms with Crippen molar-refractivity contribution in [3.05, 3.63) is 59.7 Å². The molecule has 1 aliphatic rings. The minimum absolute atomic E-state index is 0.0136. The normalized spacial score (nSPS) is 13.1. The molecule has 2 aromatic carbocycles. The van der Waals surface area contributed by atoms with E-state index in [4.69, 9.17) is 4.74 Å². The first-order valence-electron chi connectivity index (χ1n) is 12.0. The van der Waals surface area contributed by atoms with Crippen LogP contribution in [-0.2, 0) is 14.3 Å². The molecule has 1 aliphatic carbocycles. The molecule has 0 saturated carbocycles. The molecular formula is C27H34N2O5. The third kappa shape index (κ3) is 6.83. The van der Waals surface area contributed by atoms with Crippen LogP contribution in [0.2, 0.25) is 0 Å². The van der Waals surface area contributed by atoms with E-state index in [0.717, 1.165) is 17.5 Å². The van der Waals surface area contributed by atoms with Crippen molar-refractivity contribution in [2.45, 2.75) is 57.9 Å². The highest BCUT2D eigenvalue weighted by molar-refractivity contribution is 5.83. The van der Waals surface area contributed by atoms with Gasteiger partial charge < -0.3 is 20.5 Å². The Morgan fingerprint density at radius 2 is 1.56 bits per heavy atom. The van der Waals surface area contributed by atoms with Crippen LogP contribution in [0.3, 0.4) is 0 Å². The zero-order valence-electron chi connectivity index (χ0n) is 19.9. The first-order valence-corrected chi connectivity index (χ1v) is 12.0. The molecule has 0 spiro atoms. The van der Waals surface area contributed by atoms with E-state index in [1.54, 1.807) is 0 Å². The number of carboxylic acids is 1. The summed E-state index contributed by atoms with van der Waals surface area (Å²) in [5, 5.41) is 14.6. The maximum absolute atomic E-state index is 12.2. The summed E-state index contributed by atoms with van der Waals surface area (Å²) in [6.45, 7) is 4.68. The van der Waals surface area contributed by atoms with Crippen molar-refractivity contribution in [1.82, 2.24) is 10.6 Å². The van der Waals surface area contributed by atoms with Gasteiger partial charge in [-0.3, -0.25) is 4.79 Å². The second-order valence-corrected chi connectivity index (χ2v) is 9.14. The molecule has 1 unspecified atom stereocenters. The lowest BCUT2D eigenvalue weighted by atomic mass is 9.98. The Bertz CT molecular complexity index is 959. The third-order valence-electron chi connectivity index (χ3n) is 6.11. The Labute approximate surface area is 200 Å². The van der Waals surface area contributed by atoms with Crippen molar-refractivity contribution < 1.29 is 24.2 Å². The van der Waals surface area contributed by atoms with E-state index in [1.165, 1.54) is 11.1 Å². The molecule has 1 atom stereocenters. The smallest absolute Gasteiger partial charge is 0.407 e. The molecule has 7 heteroatoms. The molecule has 0 radical (unpaired) electrons. The Kier molecular flexibility index (Phi) is 9.08. The lowest BCUT2D eigenvalue weighted by Crippen LogP contribution is -2.40. The molecule has 2 aromatic rings. The van der Waals surface area contributed by atoms with Gasteiger partial charge in [-0.2, -0.15) is 0 Å². The maximum atomic E-state index is 12.2. The summed E-state index contributed by atoms with van der Waals surface area (Å²) in [5.41, 5.74) is 4.69. The quantitative estimate of drug-likeness (QED) is 0.393. The average Bonchev–Trinajstić information content (AvgIpc) is 3.13. The number of rotatable bonds is 12. The van der Waals surface area contributed by atoms with Crippen molar-refractivity contribution in [2.24, 2.45) is 5.92 Å². The highest BCUT2D eigenvalue weighted by atomic mass is 16.5. The molecule has 0 heterocycles. The van der Waals surface area contributed by atoms with Gasteiger partial charge in [0.25, 0.3) is 0 Å². The summed E-state index contributed by atoms with van der Waals surface area (Å²) in [4.78, 5) is 35.6. The van der Waals surface area contributed by atoms with Crippen molar-refractivity contribution in [3.63, 3.8) is 0 Å². The largest absolute Gasteiger partial charge is 0.480 e. The standard InChI is InChI=1S/C27H34N2O5/c1-18(2)14-15-24(26(31)32)29-25(30)13-7-8-16-28-27(33)34-17-23-21-11-5-3-9-19(21)20-10-4-6-12-22(20)23/h3-6,9-12,18,23-24H,7-8,13-17H2,1-2H3,(H,28,33)(H,29,30)(H,31,32). The summed E-state index contributed by atoms with van der Waals surface area (Å²) in [5.74, 6) is -0.898. The molecule has 0 aromatic heterocycles. The van der Waals surface area contributed by atoms with Crippen LogP contribution >= 0.6 is 0 Å². The Balaban J connectivity index is 1.36. The van der Waals surface area contributed by atoms with Gasteiger partial charge in [-0.15, -0.1) is 0 Å². The lowest BCUT2D eigenvalue weighted by Gasteiger charge is -2.16. The Hall–Kier alpha value is -3.35. The van der Waals surface area contributed by atoms with E-state index < -0.39 is 18.1 Å². The molecule has 3 N–H and O–H groups in total. The van der Waals surface area contributed by atoms with Gasteiger partial charge in [0, 0.05) is 18.9 Å². The maximum Gasteiger partial charge on any atom is 0.407 e. The fourth-order valence-electron chi connectivity index (χ4n) is 4.27. The molecule has 0 saturated heterocycles. The fraction of sp³-hybridized carbons (Fsp3) is 0.444. The second-order valence-electron chi connectivity index (χ2n) is 9.14. The zero-order chi connectivity index (χ0) is 24.5. The van der Waals surface area contributed by atoms with Crippen molar-refractivity contribution in [3.8, 4) is 11.1 Å². The molecule has 3 rings (SSSR count). The van der Waals surface area contributed by atoms with Crippen LogP contribution in [0.1, 0.15) is 63.0 Å². The van der Waals surface area contributed by atoms with E-state index in [0.29, 0.717) is 31.7 Å². The number of benzene rings is 2. The summed E-state index contributed by atoms with van der Waals surface area (Å²) >= 11 is 0. The van der Waals surface area contributed by atoms with Gasteiger partial charge >= 0.3 is 12.1 Å². The van der Waals surface area contributed by atoms with Gasteiger partial charge in [0.2, 0.25) is 5.91 Å². The fourth-order valence-corrected chi connectivity index (χ4v) is 4.27. The molecule has 0 bridgehead atoms. The Morgan fingerprint density at radius 3 is 2.15 bits per heavy atom. The number of fused-ring (bicyclic) bond motifs is 3. The van der Waals surface area contributed by atoms with E-state index in [2.05, 4.69) is 34.9 Å². The summed E-state index contributed by atoms with van der Waals surface area (Å²) in [6, 6.07) is 15.5. The van der Waals surface area contributed by atoms with Crippen molar-refractivity contribution >= 4 is 18.0 Å². The van der Waals surface area contributed by atoms with Crippen molar-refractivity contribution in [2.75, 3.05) is 13.2 Å². The van der Waals surface area contributed by atoms with Gasteiger partial charge in [0.15, 0.2) is 0 Å². The molecule has 182 valence electrons. The van der Waals surface area contributed by atoms with Crippen LogP contribution in [0.5, 0.6) is 0 Å². The highest BCUT2D eigenvalue weighted by Gasteiger charge is 2.29. The van der Waals surface area contributed by atoms with E-state index in [-0.39, 0.29) is 24.9 Å². The minimum Gasteiger partial charge on any atom is -0.480 e. The topological polar surface area (TPSA) is 105 Å². The van der Waals surface area contributed by atoms with E-state index in [1.807, 2.05) is 38.1 Å². The third-order valence-corrected chi connectivity index (χ3v) is 6.11. The van der Waals surface area contributed by atoms with Crippen molar-refractivity contribution in [1.29, 1.82) is 0 Å². The van der Waals surface area contributed by atoms with E-state index >= 15 is 0 Å². The molecule has 34 heavy (non-hydrogen) atoms. The zero-order valence-corrected chi connectivity index (χ0v) is 19.9. The highest BCUT2D eigenvalue weighted by Crippen LogP contribution is 2.44. The summed E-state index contributed by atoms with van der Waals surface area (Å²) < 4.78 is 5.50. The van der Waals surface area contributed by atoms with Gasteiger partial charge in [-0.1, -0.05) is 62.4 Å². The molecular weight excluding hydrogens is 432 g/mol. The minimum atomic E-state index is -1.01. The van der Waals surface area contributed by atoms with Gasteiger partial charge in [-0.05, 0) is 53.9 Å². The predicted octanol–water partition coefficient (Wildman–Crippen LogP) is 4.70. The predicted molar refractivity (Wildman–Crippen MR) is 131 cm³/mol. The number of nitrogens with one attached hydrogen (secondary N) is 2. The summed E-state index contributed by atoms with van der Waals surface area (Å²) in [7, 11) is 0. The van der Waals surface area contributed by atoms with E-state index in [9.17, 15) is 19.5 Å². The monoisotopic (exact) mass is 466 g/mol. The van der Waals surface area contributed by atoms with Gasteiger partial charge in [0.1, 0.15) is 12.6 Å². The first-order chi connectivity index (χ1) is 16.4. The average molecular weight is 467 g/mol. The molecule has 0 fully saturated rings. The van der Waals surface area contributed by atoms with Crippen LogP contribution in [-0.4, -0.2) is 42.3 Å². The van der Waals surface area contributed by atoms with Gasteiger partial charge in [0.05, 0.1) is 0 Å². The number of aliphatic carboxylic acids is 1. The number of carboxylic acid groups (broad SMARTS) is 1. The molecule has 0 aliphatic heterocycles. The number of amides is 2. The number of alkyl carbamates (subject to hydrolysis) is 1. The molecule has 7 nitrogen and oxygen atoms in total. The summed E-state index contributed by atoms with van der Waals surface area (Å²) in [6.07, 6.45) is 2.04. The number of hydrogen-bond donors (Lipinski definition) is 3. The van der Waals surface area contributed by atoms with Crippen LogP contribution in [0.25, 0.3) is 11.1 Å². The SMILES string of the molecule is CC(C)CCC(NC(=O)CCCCNC(=O)OCC1c2ccccc2-c2ccccc21)C(=O)O. The van der Waals surface area contributed by atoms with Crippen LogP contribution < -0.4 is 10.6 Å². The van der Waals surface area contributed by atoms with Gasteiger partial charge in [-0.25, -0.2) is 9.59 Å². The number of hydrogen-bond acceptors (Lipinski definition) is 4. The number of ether oxygens (including phenoxy) is 1. The van der Waals surface area contributed by atoms with Crippen LogP contribution in [0, 0.1) is 5.92 Å². The second kappa shape index (κ2) is 12.2. The Morgan fingerprint density at radius 1 is 0.941 bits per heavy atom. The molecule has 2 amide bonds.